The van der Waals surface area contributed by atoms with Crippen LogP contribution in [0.5, 0.6) is 11.5 Å². The van der Waals surface area contributed by atoms with Gasteiger partial charge >= 0.3 is 0 Å². The molecule has 20 heavy (non-hydrogen) atoms. The number of rotatable bonds is 6. The average molecular weight is 274 g/mol. The molecule has 2 aromatic rings. The Morgan fingerprint density at radius 2 is 1.80 bits per heavy atom. The minimum Gasteiger partial charge on any atom is -0.487 e. The molecule has 106 valence electrons. The molecule has 0 amide bonds. The van der Waals surface area contributed by atoms with E-state index in [0.29, 0.717) is 11.5 Å². The van der Waals surface area contributed by atoms with Crippen molar-refractivity contribution < 1.29 is 19.7 Å². The van der Waals surface area contributed by atoms with Crippen molar-refractivity contribution in [1.82, 2.24) is 0 Å². The first-order valence-electron chi connectivity index (χ1n) is 6.49. The lowest BCUT2D eigenvalue weighted by Gasteiger charge is -2.17. The van der Waals surface area contributed by atoms with Crippen molar-refractivity contribution >= 4 is 0 Å². The summed E-state index contributed by atoms with van der Waals surface area (Å²) >= 11 is 0. The third kappa shape index (κ3) is 3.50. The third-order valence-electron chi connectivity index (χ3n) is 2.70. The second-order valence-corrected chi connectivity index (χ2v) is 4.29. The molecule has 0 aliphatic carbocycles. The Balaban J connectivity index is 2.44. The van der Waals surface area contributed by atoms with Gasteiger partial charge in [-0.15, -0.1) is 0 Å². The molecule has 0 aliphatic rings. The minimum atomic E-state index is -0.948. The van der Waals surface area contributed by atoms with Crippen LogP contribution in [0, 0.1) is 0 Å². The van der Waals surface area contributed by atoms with E-state index in [1.807, 2.05) is 42.5 Å². The van der Waals surface area contributed by atoms with Crippen molar-refractivity contribution in [2.45, 2.75) is 13.2 Å². The van der Waals surface area contributed by atoms with Gasteiger partial charge in [-0.1, -0.05) is 42.5 Å². The lowest BCUT2D eigenvalue weighted by Crippen LogP contribution is -2.12. The molecule has 0 aromatic heterocycles. The van der Waals surface area contributed by atoms with E-state index >= 15 is 0 Å². The van der Waals surface area contributed by atoms with Crippen LogP contribution in [0.25, 0.3) is 11.1 Å². The second-order valence-electron chi connectivity index (χ2n) is 4.29. The van der Waals surface area contributed by atoms with E-state index < -0.39 is 6.29 Å². The highest BCUT2D eigenvalue weighted by Gasteiger charge is 2.14. The summed E-state index contributed by atoms with van der Waals surface area (Å²) in [6.07, 6.45) is -0.948. The summed E-state index contributed by atoms with van der Waals surface area (Å²) < 4.78 is 10.9. The van der Waals surface area contributed by atoms with E-state index in [4.69, 9.17) is 14.6 Å². The molecule has 2 rings (SSSR count). The van der Waals surface area contributed by atoms with E-state index in [2.05, 4.69) is 0 Å². The molecule has 0 saturated carbocycles. The first kappa shape index (κ1) is 14.4. The van der Waals surface area contributed by atoms with Crippen molar-refractivity contribution in [1.29, 1.82) is 0 Å². The van der Waals surface area contributed by atoms with Crippen molar-refractivity contribution in [3.05, 3.63) is 48.5 Å². The first-order valence-corrected chi connectivity index (χ1v) is 6.49. The summed E-state index contributed by atoms with van der Waals surface area (Å²) in [4.78, 5) is 0. The molecule has 0 spiro atoms. The fourth-order valence-corrected chi connectivity index (χ4v) is 1.92. The van der Waals surface area contributed by atoms with Gasteiger partial charge in [-0.3, -0.25) is 0 Å². The van der Waals surface area contributed by atoms with Gasteiger partial charge in [-0.25, -0.2) is 0 Å². The first-order chi connectivity index (χ1) is 9.72. The molecule has 0 aliphatic heterocycles. The van der Waals surface area contributed by atoms with Crippen LogP contribution in [0.3, 0.4) is 0 Å². The Kier molecular flexibility index (Phi) is 4.98. The van der Waals surface area contributed by atoms with Gasteiger partial charge in [-0.2, -0.15) is 0 Å². The second kappa shape index (κ2) is 6.93. The fraction of sp³-hybridized carbons (Fsp3) is 0.250. The maximum atomic E-state index is 9.50. The van der Waals surface area contributed by atoms with Crippen LogP contribution in [-0.4, -0.2) is 29.7 Å². The topological polar surface area (TPSA) is 58.9 Å². The predicted molar refractivity (Wildman–Crippen MR) is 76.8 cm³/mol. The summed E-state index contributed by atoms with van der Waals surface area (Å²) in [6.45, 7) is 1.63. The van der Waals surface area contributed by atoms with Crippen LogP contribution >= 0.6 is 0 Å². The van der Waals surface area contributed by atoms with Crippen LogP contribution in [-0.2, 0) is 0 Å². The van der Waals surface area contributed by atoms with E-state index in [9.17, 15) is 5.11 Å². The van der Waals surface area contributed by atoms with Crippen molar-refractivity contribution in [3.8, 4) is 22.6 Å². The highest BCUT2D eigenvalue weighted by atomic mass is 16.6. The summed E-state index contributed by atoms with van der Waals surface area (Å²) in [5.41, 5.74) is 1.81. The largest absolute Gasteiger partial charge is 0.487 e. The number of ether oxygens (including phenoxy) is 2. The van der Waals surface area contributed by atoms with E-state index in [1.165, 1.54) is 6.92 Å². The van der Waals surface area contributed by atoms with Crippen molar-refractivity contribution in [2.24, 2.45) is 0 Å². The van der Waals surface area contributed by atoms with Crippen LogP contribution < -0.4 is 9.47 Å². The van der Waals surface area contributed by atoms with Gasteiger partial charge in [0.1, 0.15) is 6.61 Å². The minimum absolute atomic E-state index is 0.0797. The van der Waals surface area contributed by atoms with Crippen LogP contribution in [0.4, 0.5) is 0 Å². The average Bonchev–Trinajstić information content (AvgIpc) is 2.46. The third-order valence-corrected chi connectivity index (χ3v) is 2.70. The van der Waals surface area contributed by atoms with E-state index in [1.54, 1.807) is 6.07 Å². The van der Waals surface area contributed by atoms with Gasteiger partial charge in [-0.05, 0) is 18.6 Å². The summed E-state index contributed by atoms with van der Waals surface area (Å²) in [6, 6.07) is 15.2. The Bertz CT molecular complexity index is 537. The molecule has 0 radical (unpaired) electrons. The lowest BCUT2D eigenvalue weighted by molar-refractivity contribution is -0.00224. The molecule has 0 fully saturated rings. The summed E-state index contributed by atoms with van der Waals surface area (Å²) in [7, 11) is 0. The molecule has 2 N–H and O–H groups in total. The van der Waals surface area contributed by atoms with Gasteiger partial charge in [0.25, 0.3) is 0 Å². The number of aliphatic hydroxyl groups is 2. The Hall–Kier alpha value is -2.04. The molecule has 0 bridgehead atoms. The molecule has 1 atom stereocenters. The Morgan fingerprint density at radius 3 is 2.45 bits per heavy atom. The maximum absolute atomic E-state index is 9.50. The van der Waals surface area contributed by atoms with Gasteiger partial charge in [0, 0.05) is 5.56 Å². The maximum Gasteiger partial charge on any atom is 0.194 e. The monoisotopic (exact) mass is 274 g/mol. The van der Waals surface area contributed by atoms with Gasteiger partial charge in [0.2, 0.25) is 0 Å². The number of hydrogen-bond acceptors (Lipinski definition) is 4. The van der Waals surface area contributed by atoms with E-state index in [0.717, 1.165) is 11.1 Å². The Labute approximate surface area is 118 Å². The number of hydrogen-bond donors (Lipinski definition) is 2. The number of para-hydroxylation sites is 1. The molecule has 1 unspecified atom stereocenters. The lowest BCUT2D eigenvalue weighted by atomic mass is 10.0. The highest BCUT2D eigenvalue weighted by molar-refractivity contribution is 5.73. The summed E-state index contributed by atoms with van der Waals surface area (Å²) in [5.74, 6) is 0.975. The molecule has 4 nitrogen and oxygen atoms in total. The highest BCUT2D eigenvalue weighted by Crippen LogP contribution is 2.38. The van der Waals surface area contributed by atoms with Gasteiger partial charge < -0.3 is 19.7 Å². The smallest absolute Gasteiger partial charge is 0.194 e. The molecule has 4 heteroatoms. The van der Waals surface area contributed by atoms with Crippen LogP contribution in [0.1, 0.15) is 6.92 Å². The Morgan fingerprint density at radius 1 is 1.05 bits per heavy atom. The fourth-order valence-electron chi connectivity index (χ4n) is 1.92. The van der Waals surface area contributed by atoms with Crippen LogP contribution in [0.2, 0.25) is 0 Å². The zero-order valence-corrected chi connectivity index (χ0v) is 11.3. The summed E-state index contributed by atoms with van der Waals surface area (Å²) in [5, 5.41) is 18.4. The molecular weight excluding hydrogens is 256 g/mol. The van der Waals surface area contributed by atoms with Gasteiger partial charge in [0.15, 0.2) is 17.8 Å². The quantitative estimate of drug-likeness (QED) is 0.794. The molecule has 0 saturated heterocycles. The molecule has 2 aromatic carbocycles. The molecular formula is C16H18O4. The standard InChI is InChI=1S/C16H18O4/c1-12(18)20-16-14(13-6-3-2-4-7-13)8-5-9-15(16)19-11-10-17/h2-9,12,17-18H,10-11H2,1H3. The van der Waals surface area contributed by atoms with Gasteiger partial charge in [0.05, 0.1) is 6.61 Å². The number of benzene rings is 2. The zero-order valence-electron chi connectivity index (χ0n) is 11.3. The predicted octanol–water partition coefficient (Wildman–Crippen LogP) is 2.44. The van der Waals surface area contributed by atoms with Crippen molar-refractivity contribution in [3.63, 3.8) is 0 Å². The number of aliphatic hydroxyl groups excluding tert-OH is 2. The SMILES string of the molecule is CC(O)Oc1c(OCCO)cccc1-c1ccccc1. The van der Waals surface area contributed by atoms with Crippen molar-refractivity contribution in [2.75, 3.05) is 13.2 Å². The normalized spacial score (nSPS) is 11.9. The van der Waals surface area contributed by atoms with Crippen LogP contribution in [0.15, 0.2) is 48.5 Å². The van der Waals surface area contributed by atoms with E-state index in [-0.39, 0.29) is 13.2 Å². The molecule has 0 heterocycles. The zero-order chi connectivity index (χ0) is 14.4.